The van der Waals surface area contributed by atoms with Crippen LogP contribution in [0.15, 0.2) is 42.7 Å². The Bertz CT molecular complexity index is 1400. The summed E-state index contributed by atoms with van der Waals surface area (Å²) in [5.41, 5.74) is 8.99. The van der Waals surface area contributed by atoms with Crippen molar-refractivity contribution < 1.29 is 9.18 Å². The molecule has 4 aromatic rings. The van der Waals surface area contributed by atoms with Gasteiger partial charge in [-0.15, -0.1) is 11.3 Å². The number of urea groups is 1. The van der Waals surface area contributed by atoms with Crippen LogP contribution in [0.4, 0.5) is 15.1 Å². The summed E-state index contributed by atoms with van der Waals surface area (Å²) < 4.78 is 15.8. The Labute approximate surface area is 210 Å². The van der Waals surface area contributed by atoms with Crippen LogP contribution in [0.2, 0.25) is 5.15 Å². The van der Waals surface area contributed by atoms with Gasteiger partial charge >= 0.3 is 6.03 Å². The lowest BCUT2D eigenvalue weighted by Gasteiger charge is -2.14. The molecule has 3 aromatic heterocycles. The van der Waals surface area contributed by atoms with Gasteiger partial charge in [0.15, 0.2) is 5.82 Å². The lowest BCUT2D eigenvalue weighted by atomic mass is 9.99. The average molecular weight is 512 g/mol. The van der Waals surface area contributed by atoms with E-state index in [1.165, 1.54) is 17.5 Å². The Balaban J connectivity index is 1.46. The number of anilines is 1. The summed E-state index contributed by atoms with van der Waals surface area (Å²) in [4.78, 5) is 26.8. The van der Waals surface area contributed by atoms with E-state index in [-0.39, 0.29) is 11.7 Å². The number of pyridine rings is 1. The number of hydrogen-bond donors (Lipinski definition) is 3. The second-order valence-corrected chi connectivity index (χ2v) is 9.51. The van der Waals surface area contributed by atoms with Crippen LogP contribution in [0.1, 0.15) is 5.56 Å². The number of nitrogens with one attached hydrogen (secondary N) is 2. The van der Waals surface area contributed by atoms with Crippen molar-refractivity contribution >= 4 is 45.0 Å². The maximum Gasteiger partial charge on any atom is 0.317 e. The molecular weight excluding hydrogens is 489 g/mol. The quantitative estimate of drug-likeness (QED) is 0.307. The monoisotopic (exact) mass is 511 g/mol. The molecule has 35 heavy (non-hydrogen) atoms. The summed E-state index contributed by atoms with van der Waals surface area (Å²) in [5.74, 6) is -0.191. The number of hydrogen-bond acceptors (Lipinski definition) is 7. The highest BCUT2D eigenvalue weighted by Gasteiger charge is 2.19. The predicted octanol–water partition coefficient (Wildman–Crippen LogP) is 4.15. The molecule has 4 heterocycles. The first-order valence-electron chi connectivity index (χ1n) is 11.2. The molecule has 0 radical (unpaired) electrons. The third-order valence-corrected chi connectivity index (χ3v) is 7.19. The Morgan fingerprint density at radius 1 is 1.23 bits per heavy atom. The molecule has 1 aliphatic heterocycles. The molecule has 0 spiro atoms. The number of fused-ring (bicyclic) bond motifs is 1. The minimum atomic E-state index is -0.502. The minimum Gasteiger partial charge on any atom is -0.352 e. The van der Waals surface area contributed by atoms with Crippen LogP contribution in [-0.4, -0.2) is 58.6 Å². The van der Waals surface area contributed by atoms with Crippen LogP contribution in [0.25, 0.3) is 31.8 Å². The van der Waals surface area contributed by atoms with Crippen molar-refractivity contribution in [2.75, 3.05) is 38.0 Å². The lowest BCUT2D eigenvalue weighted by Crippen LogP contribution is -2.32. The van der Waals surface area contributed by atoms with Crippen molar-refractivity contribution in [3.05, 3.63) is 59.3 Å². The maximum atomic E-state index is 14.8. The molecular formula is C24H23ClFN7OS. The second kappa shape index (κ2) is 10.1. The van der Waals surface area contributed by atoms with Gasteiger partial charge in [-0.3, -0.25) is 0 Å². The van der Waals surface area contributed by atoms with Gasteiger partial charge in [0.05, 0.1) is 11.1 Å². The number of amides is 2. The van der Waals surface area contributed by atoms with Crippen LogP contribution in [0.5, 0.6) is 0 Å². The van der Waals surface area contributed by atoms with E-state index in [1.807, 2.05) is 30.3 Å². The van der Waals surface area contributed by atoms with Gasteiger partial charge in [-0.2, -0.15) is 0 Å². The molecule has 0 atom stereocenters. The number of rotatable bonds is 8. The van der Waals surface area contributed by atoms with Crippen molar-refractivity contribution in [2.45, 2.75) is 6.42 Å². The van der Waals surface area contributed by atoms with E-state index in [9.17, 15) is 9.18 Å². The van der Waals surface area contributed by atoms with Gasteiger partial charge in [-0.25, -0.2) is 24.1 Å². The Kier molecular flexibility index (Phi) is 6.76. The van der Waals surface area contributed by atoms with E-state index in [0.717, 1.165) is 26.8 Å². The first-order chi connectivity index (χ1) is 17.0. The van der Waals surface area contributed by atoms with Gasteiger partial charge in [-0.1, -0.05) is 29.8 Å². The number of carbonyl (C=O) groups excluding carboxylic acids is 1. The highest BCUT2D eigenvalue weighted by atomic mass is 35.5. The molecule has 4 N–H and O–H groups in total. The molecule has 1 fully saturated rings. The molecule has 5 rings (SSSR count). The Morgan fingerprint density at radius 2 is 2.11 bits per heavy atom. The van der Waals surface area contributed by atoms with Gasteiger partial charge in [0.1, 0.15) is 10.8 Å². The fourth-order valence-electron chi connectivity index (χ4n) is 4.11. The molecule has 0 unspecified atom stereocenters. The van der Waals surface area contributed by atoms with E-state index >= 15 is 0 Å². The topological polar surface area (TPSA) is 109 Å². The van der Waals surface area contributed by atoms with E-state index < -0.39 is 5.82 Å². The number of halogens is 2. The normalized spacial score (nSPS) is 13.5. The van der Waals surface area contributed by atoms with Gasteiger partial charge in [0.25, 0.3) is 0 Å². The maximum absolute atomic E-state index is 14.8. The summed E-state index contributed by atoms with van der Waals surface area (Å²) in [6.45, 7) is 2.76. The second-order valence-electron chi connectivity index (χ2n) is 8.07. The molecule has 8 nitrogen and oxygen atoms in total. The zero-order valence-electron chi connectivity index (χ0n) is 18.7. The first-order valence-corrected chi connectivity index (χ1v) is 12.4. The summed E-state index contributed by atoms with van der Waals surface area (Å²) in [6.07, 6.45) is 3.59. The van der Waals surface area contributed by atoms with Crippen LogP contribution in [-0.2, 0) is 6.42 Å². The molecule has 0 aliphatic carbocycles. The van der Waals surface area contributed by atoms with E-state index in [2.05, 4.69) is 25.6 Å². The fraction of sp³-hybridized carbons (Fsp3) is 0.250. The summed E-state index contributed by atoms with van der Waals surface area (Å²) in [6, 6.07) is 9.66. The number of carbonyl (C=O) groups is 1. The first kappa shape index (κ1) is 23.4. The molecule has 0 bridgehead atoms. The molecule has 1 aliphatic rings. The van der Waals surface area contributed by atoms with Crippen molar-refractivity contribution in [1.82, 2.24) is 25.2 Å². The van der Waals surface area contributed by atoms with E-state index in [1.54, 1.807) is 11.1 Å². The van der Waals surface area contributed by atoms with Gasteiger partial charge in [0, 0.05) is 37.1 Å². The van der Waals surface area contributed by atoms with Crippen molar-refractivity contribution in [3.63, 3.8) is 0 Å². The summed E-state index contributed by atoms with van der Waals surface area (Å²) in [5, 5.41) is 7.23. The zero-order chi connectivity index (χ0) is 24.4. The highest BCUT2D eigenvalue weighted by Crippen LogP contribution is 2.40. The van der Waals surface area contributed by atoms with Crippen LogP contribution in [0, 0.1) is 5.82 Å². The van der Waals surface area contributed by atoms with Gasteiger partial charge in [0.2, 0.25) is 5.95 Å². The van der Waals surface area contributed by atoms with Crippen molar-refractivity contribution in [2.24, 2.45) is 5.73 Å². The number of benzene rings is 1. The third-order valence-electron chi connectivity index (χ3n) is 5.79. The summed E-state index contributed by atoms with van der Waals surface area (Å²) >= 11 is 7.67. The van der Waals surface area contributed by atoms with Gasteiger partial charge in [-0.05, 0) is 47.2 Å². The highest BCUT2D eigenvalue weighted by molar-refractivity contribution is 7.22. The molecule has 180 valence electrons. The molecule has 0 saturated carbocycles. The van der Waals surface area contributed by atoms with Gasteiger partial charge < -0.3 is 21.3 Å². The SMILES string of the molecule is NCCc1cnc(Cl)cc1-c1cccc2cc(-c3nc(NCCN4CCNC4=O)ncc3F)sc12. The van der Waals surface area contributed by atoms with Crippen LogP contribution >= 0.6 is 22.9 Å². The Hall–Kier alpha value is -3.34. The number of thiophene rings is 1. The van der Waals surface area contributed by atoms with Crippen LogP contribution < -0.4 is 16.4 Å². The summed E-state index contributed by atoms with van der Waals surface area (Å²) in [7, 11) is 0. The van der Waals surface area contributed by atoms with E-state index in [0.29, 0.717) is 55.1 Å². The molecule has 1 saturated heterocycles. The smallest absolute Gasteiger partial charge is 0.317 e. The Morgan fingerprint density at radius 3 is 2.91 bits per heavy atom. The van der Waals surface area contributed by atoms with Crippen LogP contribution in [0.3, 0.4) is 0 Å². The largest absolute Gasteiger partial charge is 0.352 e. The lowest BCUT2D eigenvalue weighted by molar-refractivity contribution is 0.219. The molecule has 2 amide bonds. The number of aromatic nitrogens is 3. The number of nitrogens with zero attached hydrogens (tertiary/aromatic N) is 4. The minimum absolute atomic E-state index is 0.0845. The number of nitrogens with two attached hydrogens (primary N) is 1. The van der Waals surface area contributed by atoms with E-state index in [4.69, 9.17) is 17.3 Å². The van der Waals surface area contributed by atoms with Crippen molar-refractivity contribution in [1.29, 1.82) is 0 Å². The predicted molar refractivity (Wildman–Crippen MR) is 137 cm³/mol. The third kappa shape index (κ3) is 4.90. The van der Waals surface area contributed by atoms with Crippen molar-refractivity contribution in [3.8, 4) is 21.7 Å². The molecule has 1 aromatic carbocycles. The molecule has 11 heteroatoms. The average Bonchev–Trinajstić information content (AvgIpc) is 3.47. The standard InChI is InChI=1S/C24H23ClFN7OS/c25-20-11-17(15(4-5-27)12-30-20)16-3-1-2-14-10-19(35-22(14)16)21-18(26)13-31-23(32-21)28-6-8-33-9-7-29-24(33)34/h1-3,10-13H,4-9,27H2,(H,29,34)(H,28,31,32). The fourth-order valence-corrected chi connectivity index (χ4v) is 5.44. The zero-order valence-corrected chi connectivity index (χ0v) is 20.3.